The van der Waals surface area contributed by atoms with E-state index in [-0.39, 0.29) is 5.54 Å². The minimum atomic E-state index is -0.223. The first-order valence-electron chi connectivity index (χ1n) is 6.46. The third kappa shape index (κ3) is 2.08. The summed E-state index contributed by atoms with van der Waals surface area (Å²) in [5, 5.41) is 3.26. The summed E-state index contributed by atoms with van der Waals surface area (Å²) in [5.41, 5.74) is 10.3. The first kappa shape index (κ1) is 11.9. The van der Waals surface area contributed by atoms with Crippen LogP contribution in [0.2, 0.25) is 0 Å². The SMILES string of the molecule is Cc1csc(CC2(N)CCCc3ccccc32)n1. The van der Waals surface area contributed by atoms with Gasteiger partial charge in [0, 0.05) is 23.0 Å². The molecular weight excluding hydrogens is 240 g/mol. The highest BCUT2D eigenvalue weighted by Crippen LogP contribution is 2.36. The summed E-state index contributed by atoms with van der Waals surface area (Å²) in [6.45, 7) is 2.04. The highest BCUT2D eigenvalue weighted by Gasteiger charge is 2.33. The van der Waals surface area contributed by atoms with Crippen LogP contribution in [0.3, 0.4) is 0 Å². The molecule has 3 heteroatoms. The molecule has 0 radical (unpaired) electrons. The Morgan fingerprint density at radius 1 is 1.39 bits per heavy atom. The molecule has 1 aromatic carbocycles. The largest absolute Gasteiger partial charge is 0.321 e. The quantitative estimate of drug-likeness (QED) is 0.898. The molecule has 0 amide bonds. The number of hydrogen-bond acceptors (Lipinski definition) is 3. The molecule has 1 aliphatic rings. The van der Waals surface area contributed by atoms with Gasteiger partial charge in [0.25, 0.3) is 0 Å². The van der Waals surface area contributed by atoms with Crippen molar-refractivity contribution in [1.82, 2.24) is 4.98 Å². The maximum absolute atomic E-state index is 6.68. The van der Waals surface area contributed by atoms with Crippen LogP contribution in [0.5, 0.6) is 0 Å². The van der Waals surface area contributed by atoms with E-state index < -0.39 is 0 Å². The third-order valence-electron chi connectivity index (χ3n) is 3.76. The van der Waals surface area contributed by atoms with Crippen molar-refractivity contribution in [1.29, 1.82) is 0 Å². The minimum absolute atomic E-state index is 0.223. The lowest BCUT2D eigenvalue weighted by Gasteiger charge is -2.35. The van der Waals surface area contributed by atoms with Crippen LogP contribution in [0.1, 0.15) is 34.7 Å². The summed E-state index contributed by atoms with van der Waals surface area (Å²) in [7, 11) is 0. The van der Waals surface area contributed by atoms with E-state index in [2.05, 4.69) is 34.6 Å². The molecule has 0 bridgehead atoms. The van der Waals surface area contributed by atoms with Gasteiger partial charge in [0.2, 0.25) is 0 Å². The molecule has 0 saturated carbocycles. The van der Waals surface area contributed by atoms with Crippen LogP contribution < -0.4 is 5.73 Å². The van der Waals surface area contributed by atoms with E-state index in [0.717, 1.165) is 30.0 Å². The van der Waals surface area contributed by atoms with Crippen molar-refractivity contribution in [3.8, 4) is 0 Å². The van der Waals surface area contributed by atoms with Crippen molar-refractivity contribution < 1.29 is 0 Å². The smallest absolute Gasteiger partial charge is 0.0949 e. The minimum Gasteiger partial charge on any atom is -0.321 e. The summed E-state index contributed by atoms with van der Waals surface area (Å²) < 4.78 is 0. The van der Waals surface area contributed by atoms with Gasteiger partial charge in [-0.3, -0.25) is 0 Å². The Bertz CT molecular complexity index is 561. The summed E-state index contributed by atoms with van der Waals surface area (Å²) in [6.07, 6.45) is 4.26. The van der Waals surface area contributed by atoms with Crippen LogP contribution in [0.15, 0.2) is 29.6 Å². The van der Waals surface area contributed by atoms with Crippen LogP contribution in [-0.2, 0) is 18.4 Å². The molecule has 0 saturated heterocycles. The predicted octanol–water partition coefficient (Wildman–Crippen LogP) is 3.18. The van der Waals surface area contributed by atoms with Crippen LogP contribution >= 0.6 is 11.3 Å². The standard InChI is InChI=1S/C15H18N2S/c1-11-10-18-14(17-11)9-15(16)8-4-6-12-5-2-3-7-13(12)15/h2-3,5,7,10H,4,6,8-9,16H2,1H3. The van der Waals surface area contributed by atoms with Crippen LogP contribution in [-0.4, -0.2) is 4.98 Å². The molecule has 94 valence electrons. The van der Waals surface area contributed by atoms with E-state index in [1.165, 1.54) is 17.5 Å². The Hall–Kier alpha value is -1.19. The zero-order chi connectivity index (χ0) is 12.6. The van der Waals surface area contributed by atoms with Gasteiger partial charge in [-0.2, -0.15) is 0 Å². The Labute approximate surface area is 112 Å². The fourth-order valence-electron chi connectivity index (χ4n) is 2.89. The number of rotatable bonds is 2. The molecule has 3 rings (SSSR count). The van der Waals surface area contributed by atoms with Gasteiger partial charge in [0.1, 0.15) is 0 Å². The van der Waals surface area contributed by atoms with Crippen molar-refractivity contribution in [3.63, 3.8) is 0 Å². The van der Waals surface area contributed by atoms with Crippen LogP contribution in [0.25, 0.3) is 0 Å². The summed E-state index contributed by atoms with van der Waals surface area (Å²) in [6, 6.07) is 8.61. The van der Waals surface area contributed by atoms with E-state index >= 15 is 0 Å². The van der Waals surface area contributed by atoms with Gasteiger partial charge in [0.15, 0.2) is 0 Å². The second kappa shape index (κ2) is 4.48. The van der Waals surface area contributed by atoms with Crippen molar-refractivity contribution in [2.45, 2.75) is 38.1 Å². The molecule has 2 nitrogen and oxygen atoms in total. The van der Waals surface area contributed by atoms with Gasteiger partial charge >= 0.3 is 0 Å². The lowest BCUT2D eigenvalue weighted by atomic mass is 9.75. The Kier molecular flexibility index (Phi) is 2.96. The molecule has 2 aromatic rings. The second-order valence-electron chi connectivity index (χ2n) is 5.23. The fraction of sp³-hybridized carbons (Fsp3) is 0.400. The maximum Gasteiger partial charge on any atom is 0.0949 e. The molecule has 1 atom stereocenters. The van der Waals surface area contributed by atoms with Gasteiger partial charge in [-0.25, -0.2) is 4.98 Å². The van der Waals surface area contributed by atoms with E-state index in [4.69, 9.17) is 5.73 Å². The molecule has 1 unspecified atom stereocenters. The number of nitrogens with two attached hydrogens (primary N) is 1. The fourth-order valence-corrected chi connectivity index (χ4v) is 3.79. The van der Waals surface area contributed by atoms with E-state index in [0.29, 0.717) is 0 Å². The topological polar surface area (TPSA) is 38.9 Å². The molecule has 1 aliphatic carbocycles. The van der Waals surface area contributed by atoms with Crippen molar-refractivity contribution in [3.05, 3.63) is 51.5 Å². The zero-order valence-electron chi connectivity index (χ0n) is 10.6. The molecule has 1 heterocycles. The summed E-state index contributed by atoms with van der Waals surface area (Å²) in [4.78, 5) is 4.56. The molecule has 0 fully saturated rings. The van der Waals surface area contributed by atoms with Crippen molar-refractivity contribution in [2.24, 2.45) is 5.73 Å². The number of aryl methyl sites for hydroxylation is 2. The molecule has 18 heavy (non-hydrogen) atoms. The Morgan fingerprint density at radius 3 is 3.00 bits per heavy atom. The highest BCUT2D eigenvalue weighted by atomic mass is 32.1. The van der Waals surface area contributed by atoms with Crippen LogP contribution in [0.4, 0.5) is 0 Å². The van der Waals surface area contributed by atoms with Gasteiger partial charge in [0.05, 0.1) is 5.01 Å². The van der Waals surface area contributed by atoms with Gasteiger partial charge in [-0.1, -0.05) is 24.3 Å². The summed E-state index contributed by atoms with van der Waals surface area (Å²) >= 11 is 1.73. The number of benzene rings is 1. The molecular formula is C15H18N2S. The van der Waals surface area contributed by atoms with Gasteiger partial charge in [-0.15, -0.1) is 11.3 Å². The first-order chi connectivity index (χ1) is 8.67. The predicted molar refractivity (Wildman–Crippen MR) is 75.8 cm³/mol. The first-order valence-corrected chi connectivity index (χ1v) is 7.34. The van der Waals surface area contributed by atoms with Gasteiger partial charge < -0.3 is 5.73 Å². The number of aromatic nitrogens is 1. The van der Waals surface area contributed by atoms with Crippen molar-refractivity contribution in [2.75, 3.05) is 0 Å². The van der Waals surface area contributed by atoms with E-state index in [1.807, 2.05) is 6.92 Å². The van der Waals surface area contributed by atoms with Gasteiger partial charge in [-0.05, 0) is 37.3 Å². The lowest BCUT2D eigenvalue weighted by Crippen LogP contribution is -2.42. The van der Waals surface area contributed by atoms with E-state index in [9.17, 15) is 0 Å². The van der Waals surface area contributed by atoms with Crippen LogP contribution in [0, 0.1) is 6.92 Å². The number of hydrogen-bond donors (Lipinski definition) is 1. The van der Waals surface area contributed by atoms with Crippen molar-refractivity contribution >= 4 is 11.3 Å². The average molecular weight is 258 g/mol. The lowest BCUT2D eigenvalue weighted by molar-refractivity contribution is 0.369. The third-order valence-corrected chi connectivity index (χ3v) is 4.72. The number of thiazole rings is 1. The Balaban J connectivity index is 1.95. The molecule has 0 spiro atoms. The number of fused-ring (bicyclic) bond motifs is 1. The monoisotopic (exact) mass is 258 g/mol. The molecule has 1 aromatic heterocycles. The average Bonchev–Trinajstić information content (AvgIpc) is 2.75. The van der Waals surface area contributed by atoms with E-state index in [1.54, 1.807) is 11.3 Å². The summed E-state index contributed by atoms with van der Waals surface area (Å²) in [5.74, 6) is 0. The molecule has 2 N–H and O–H groups in total. The Morgan fingerprint density at radius 2 is 2.22 bits per heavy atom. The maximum atomic E-state index is 6.68. The molecule has 0 aliphatic heterocycles. The zero-order valence-corrected chi connectivity index (χ0v) is 11.5. The second-order valence-corrected chi connectivity index (χ2v) is 6.17. The number of nitrogens with zero attached hydrogens (tertiary/aromatic N) is 1. The normalized spacial score (nSPS) is 22.8. The highest BCUT2D eigenvalue weighted by molar-refractivity contribution is 7.09.